The summed E-state index contributed by atoms with van der Waals surface area (Å²) in [5.41, 5.74) is 2.34. The second-order valence-corrected chi connectivity index (χ2v) is 4.51. The second kappa shape index (κ2) is 6.38. The number of aryl methyl sites for hydroxylation is 2. The number of aromatic nitrogens is 4. The van der Waals surface area contributed by atoms with Gasteiger partial charge < -0.3 is 10.1 Å². The van der Waals surface area contributed by atoms with Gasteiger partial charge in [-0.2, -0.15) is 10.1 Å². The fourth-order valence-electron chi connectivity index (χ4n) is 1.69. The van der Waals surface area contributed by atoms with Gasteiger partial charge in [-0.05, 0) is 25.3 Å². The first-order chi connectivity index (χ1) is 9.20. The Morgan fingerprint density at radius 1 is 1.42 bits per heavy atom. The molecular formula is C12H16ClN5O. The number of nitrogens with zero attached hydrogens (tertiary/aromatic N) is 3. The fourth-order valence-corrected chi connectivity index (χ4v) is 1.84. The Morgan fingerprint density at radius 3 is 2.95 bits per heavy atom. The maximum absolute atomic E-state index is 6.00. The summed E-state index contributed by atoms with van der Waals surface area (Å²) >= 11 is 6.00. The Bertz CT molecular complexity index is 543. The van der Waals surface area contributed by atoms with E-state index in [1.807, 2.05) is 13.1 Å². The number of nitrogens with one attached hydrogen (secondary N) is 2. The van der Waals surface area contributed by atoms with E-state index in [4.69, 9.17) is 16.3 Å². The minimum atomic E-state index is 0.303. The molecule has 0 amide bonds. The van der Waals surface area contributed by atoms with Crippen LogP contribution >= 0.6 is 11.6 Å². The molecule has 0 unspecified atom stereocenters. The predicted molar refractivity (Wildman–Crippen MR) is 73.7 cm³/mol. The number of aromatic amines is 1. The first kappa shape index (κ1) is 13.6. The summed E-state index contributed by atoms with van der Waals surface area (Å²) in [4.78, 5) is 8.07. The summed E-state index contributed by atoms with van der Waals surface area (Å²) in [7, 11) is 1.52. The molecule has 0 saturated carbocycles. The van der Waals surface area contributed by atoms with Crippen molar-refractivity contribution in [1.29, 1.82) is 0 Å². The molecule has 2 rings (SSSR count). The van der Waals surface area contributed by atoms with Crippen LogP contribution in [0.15, 0.2) is 12.4 Å². The van der Waals surface area contributed by atoms with Gasteiger partial charge in [0.1, 0.15) is 5.02 Å². The van der Waals surface area contributed by atoms with E-state index in [0.29, 0.717) is 16.9 Å². The van der Waals surface area contributed by atoms with Gasteiger partial charge in [-0.1, -0.05) is 11.6 Å². The van der Waals surface area contributed by atoms with Crippen LogP contribution < -0.4 is 10.1 Å². The lowest BCUT2D eigenvalue weighted by molar-refractivity contribution is 0.380. The average molecular weight is 282 g/mol. The molecule has 0 spiro atoms. The highest BCUT2D eigenvalue weighted by molar-refractivity contribution is 6.32. The van der Waals surface area contributed by atoms with Gasteiger partial charge in [0.25, 0.3) is 0 Å². The highest BCUT2D eigenvalue weighted by Crippen LogP contribution is 2.20. The zero-order chi connectivity index (χ0) is 13.7. The number of hydrogen-bond donors (Lipinski definition) is 2. The molecule has 0 aromatic carbocycles. The molecule has 2 aromatic heterocycles. The van der Waals surface area contributed by atoms with E-state index in [9.17, 15) is 0 Å². The zero-order valence-electron chi connectivity index (χ0n) is 10.9. The van der Waals surface area contributed by atoms with Crippen molar-refractivity contribution >= 4 is 17.4 Å². The molecule has 102 valence electrons. The summed E-state index contributed by atoms with van der Waals surface area (Å²) in [5.74, 6) is 0.595. The third-order valence-electron chi connectivity index (χ3n) is 2.75. The van der Waals surface area contributed by atoms with Crippen molar-refractivity contribution in [2.45, 2.75) is 19.8 Å². The Hall–Kier alpha value is -1.82. The molecule has 0 bridgehead atoms. The van der Waals surface area contributed by atoms with Gasteiger partial charge in [-0.15, -0.1) is 0 Å². The maximum atomic E-state index is 6.00. The van der Waals surface area contributed by atoms with Crippen LogP contribution in [0, 0.1) is 6.92 Å². The number of H-pyrrole nitrogens is 1. The van der Waals surface area contributed by atoms with E-state index in [1.54, 1.807) is 0 Å². The molecule has 6 nitrogen and oxygen atoms in total. The highest BCUT2D eigenvalue weighted by Gasteiger charge is 2.05. The van der Waals surface area contributed by atoms with E-state index in [-0.39, 0.29) is 0 Å². The van der Waals surface area contributed by atoms with Gasteiger partial charge >= 0.3 is 6.01 Å². The Kier molecular flexibility index (Phi) is 4.57. The quantitative estimate of drug-likeness (QED) is 0.794. The summed E-state index contributed by atoms with van der Waals surface area (Å²) in [6.07, 6.45) is 5.30. The third-order valence-corrected chi connectivity index (χ3v) is 3.03. The van der Waals surface area contributed by atoms with Gasteiger partial charge in [0, 0.05) is 12.2 Å². The molecule has 7 heteroatoms. The largest absolute Gasteiger partial charge is 0.467 e. The van der Waals surface area contributed by atoms with E-state index in [1.165, 1.54) is 18.9 Å². The van der Waals surface area contributed by atoms with Crippen LogP contribution in [0.25, 0.3) is 0 Å². The lowest BCUT2D eigenvalue weighted by Gasteiger charge is -2.07. The molecule has 2 heterocycles. The highest BCUT2D eigenvalue weighted by atomic mass is 35.5. The van der Waals surface area contributed by atoms with E-state index in [0.717, 1.165) is 25.1 Å². The van der Waals surface area contributed by atoms with Crippen LogP contribution in [0.4, 0.5) is 5.82 Å². The standard InChI is InChI=1S/C12H16ClN5O/c1-8-9(6-16-18-8)4-3-5-14-11-10(13)7-15-12(17-11)19-2/h6-7H,3-5H2,1-2H3,(H,16,18)(H,14,15,17). The molecule has 0 aliphatic rings. The maximum Gasteiger partial charge on any atom is 0.318 e. The van der Waals surface area contributed by atoms with Crippen LogP contribution in [-0.2, 0) is 6.42 Å². The van der Waals surface area contributed by atoms with Crippen molar-refractivity contribution in [2.24, 2.45) is 0 Å². The fraction of sp³-hybridized carbons (Fsp3) is 0.417. The average Bonchev–Trinajstić information content (AvgIpc) is 2.82. The second-order valence-electron chi connectivity index (χ2n) is 4.10. The Balaban J connectivity index is 1.84. The van der Waals surface area contributed by atoms with Gasteiger partial charge in [0.05, 0.1) is 19.5 Å². The van der Waals surface area contributed by atoms with Crippen molar-refractivity contribution in [3.8, 4) is 6.01 Å². The molecule has 0 radical (unpaired) electrons. The number of halogens is 1. The molecule has 0 fully saturated rings. The predicted octanol–water partition coefficient (Wildman–Crippen LogP) is 2.21. The molecule has 0 aliphatic carbocycles. The molecule has 2 N–H and O–H groups in total. The minimum Gasteiger partial charge on any atom is -0.467 e. The Labute approximate surface area is 116 Å². The van der Waals surface area contributed by atoms with Crippen molar-refractivity contribution in [3.63, 3.8) is 0 Å². The van der Waals surface area contributed by atoms with Crippen molar-refractivity contribution in [3.05, 3.63) is 28.7 Å². The topological polar surface area (TPSA) is 75.7 Å². The van der Waals surface area contributed by atoms with Gasteiger partial charge in [0.15, 0.2) is 5.82 Å². The number of rotatable bonds is 6. The van der Waals surface area contributed by atoms with Crippen molar-refractivity contribution in [2.75, 3.05) is 19.0 Å². The van der Waals surface area contributed by atoms with Crippen LogP contribution in [0.5, 0.6) is 6.01 Å². The molecule has 0 saturated heterocycles. The molecule has 19 heavy (non-hydrogen) atoms. The molecular weight excluding hydrogens is 266 g/mol. The van der Waals surface area contributed by atoms with Gasteiger partial charge in [-0.3, -0.25) is 5.10 Å². The summed E-state index contributed by atoms with van der Waals surface area (Å²) in [5, 5.41) is 10.6. The first-order valence-corrected chi connectivity index (χ1v) is 6.37. The SMILES string of the molecule is COc1ncc(Cl)c(NCCCc2cn[nH]c2C)n1. The molecule has 0 aliphatic heterocycles. The van der Waals surface area contributed by atoms with Crippen LogP contribution in [0.2, 0.25) is 5.02 Å². The van der Waals surface area contributed by atoms with E-state index in [2.05, 4.69) is 25.5 Å². The van der Waals surface area contributed by atoms with Gasteiger partial charge in [-0.25, -0.2) is 4.98 Å². The van der Waals surface area contributed by atoms with Crippen LogP contribution in [-0.4, -0.2) is 33.8 Å². The number of methoxy groups -OCH3 is 1. The Morgan fingerprint density at radius 2 is 2.26 bits per heavy atom. The van der Waals surface area contributed by atoms with Crippen molar-refractivity contribution in [1.82, 2.24) is 20.2 Å². The first-order valence-electron chi connectivity index (χ1n) is 6.00. The van der Waals surface area contributed by atoms with Crippen LogP contribution in [0.3, 0.4) is 0 Å². The van der Waals surface area contributed by atoms with Gasteiger partial charge in [0.2, 0.25) is 0 Å². The summed E-state index contributed by atoms with van der Waals surface area (Å²) in [6, 6.07) is 0.303. The number of hydrogen-bond acceptors (Lipinski definition) is 5. The minimum absolute atomic E-state index is 0.303. The normalized spacial score (nSPS) is 10.5. The van der Waals surface area contributed by atoms with E-state index >= 15 is 0 Å². The van der Waals surface area contributed by atoms with E-state index < -0.39 is 0 Å². The third kappa shape index (κ3) is 3.57. The summed E-state index contributed by atoms with van der Waals surface area (Å²) in [6.45, 7) is 2.78. The summed E-state index contributed by atoms with van der Waals surface area (Å²) < 4.78 is 4.96. The molecule has 0 atom stereocenters. The monoisotopic (exact) mass is 281 g/mol. The van der Waals surface area contributed by atoms with Crippen LogP contribution in [0.1, 0.15) is 17.7 Å². The lowest BCUT2D eigenvalue weighted by atomic mass is 10.1. The lowest BCUT2D eigenvalue weighted by Crippen LogP contribution is -2.06. The number of ether oxygens (including phenoxy) is 1. The zero-order valence-corrected chi connectivity index (χ0v) is 11.7. The van der Waals surface area contributed by atoms with Crippen molar-refractivity contribution < 1.29 is 4.74 Å². The number of anilines is 1. The smallest absolute Gasteiger partial charge is 0.318 e. The molecule has 2 aromatic rings.